The van der Waals surface area contributed by atoms with Crippen LogP contribution < -0.4 is 0 Å². The molecule has 2 aromatic carbocycles. The van der Waals surface area contributed by atoms with Gasteiger partial charge >= 0.3 is 0 Å². The largest absolute Gasteiger partial charge is 0.341 e. The normalized spacial score (nSPS) is 11.6. The smallest absolute Gasteiger partial charge is 0.223 e. The summed E-state index contributed by atoms with van der Waals surface area (Å²) in [7, 11) is 4.16. The van der Waals surface area contributed by atoms with Gasteiger partial charge in [-0.3, -0.25) is 9.59 Å². The average Bonchev–Trinajstić information content (AvgIpc) is 3.70. The van der Waals surface area contributed by atoms with Gasteiger partial charge < -0.3 is 24.7 Å². The summed E-state index contributed by atoms with van der Waals surface area (Å²) in [6.07, 6.45) is 6.65. The number of H-pyrrole nitrogens is 2. The first-order valence-corrected chi connectivity index (χ1v) is 17.5. The molecule has 48 heavy (non-hydrogen) atoms. The van der Waals surface area contributed by atoms with Crippen molar-refractivity contribution in [2.24, 2.45) is 11.8 Å². The highest BCUT2D eigenvalue weighted by Crippen LogP contribution is 2.31. The Kier molecular flexibility index (Phi) is 13.1. The monoisotopic (exact) mass is 653 g/mol. The van der Waals surface area contributed by atoms with Gasteiger partial charge in [0.2, 0.25) is 11.8 Å². The zero-order chi connectivity index (χ0) is 34.8. The lowest BCUT2D eigenvalue weighted by Crippen LogP contribution is -2.32. The second-order valence-corrected chi connectivity index (χ2v) is 14.0. The van der Waals surface area contributed by atoms with Gasteiger partial charge in [-0.05, 0) is 72.7 Å². The summed E-state index contributed by atoms with van der Waals surface area (Å²) in [5.74, 6) is 2.60. The fourth-order valence-electron chi connectivity index (χ4n) is 5.96. The number of amides is 2. The lowest BCUT2D eigenvalue weighted by molar-refractivity contribution is -0.133. The van der Waals surface area contributed by atoms with Crippen molar-refractivity contribution < 1.29 is 9.59 Å². The Morgan fingerprint density at radius 3 is 1.58 bits per heavy atom. The van der Waals surface area contributed by atoms with Gasteiger partial charge in [-0.1, -0.05) is 77.9 Å². The van der Waals surface area contributed by atoms with Crippen molar-refractivity contribution in [1.82, 2.24) is 34.6 Å². The molecule has 0 fully saturated rings. The highest BCUT2D eigenvalue weighted by molar-refractivity contribution is 5.77. The summed E-state index contributed by atoms with van der Waals surface area (Å²) >= 11 is 0. The average molecular weight is 654 g/mol. The third kappa shape index (κ3) is 10.1. The molecular weight excluding hydrogens is 598 g/mol. The van der Waals surface area contributed by atoms with Gasteiger partial charge in [0.05, 0.1) is 36.9 Å². The number of hydrogen-bond acceptors (Lipinski definition) is 5. The van der Waals surface area contributed by atoms with Crippen LogP contribution >= 0.6 is 0 Å². The Bertz CT molecular complexity index is 1620. The Labute approximate surface area is 287 Å². The molecule has 0 aliphatic rings. The van der Waals surface area contributed by atoms with E-state index >= 15 is 0 Å². The van der Waals surface area contributed by atoms with Crippen molar-refractivity contribution in [2.75, 3.05) is 27.2 Å². The van der Waals surface area contributed by atoms with Crippen molar-refractivity contribution in [3.63, 3.8) is 0 Å². The number of carbonyl (C=O) groups excluding carboxylic acids is 2. The number of aromatic amines is 2. The number of benzene rings is 2. The van der Waals surface area contributed by atoms with Gasteiger partial charge in [-0.25, -0.2) is 9.97 Å². The number of carbonyl (C=O) groups is 2. The molecule has 2 amide bonds. The molecule has 258 valence electrons. The minimum Gasteiger partial charge on any atom is -0.341 e. The molecule has 4 aromatic rings. The lowest BCUT2D eigenvalue weighted by Gasteiger charge is -2.22. The van der Waals surface area contributed by atoms with Crippen molar-refractivity contribution in [3.8, 4) is 33.6 Å². The maximum Gasteiger partial charge on any atom is 0.223 e. The Morgan fingerprint density at radius 2 is 1.12 bits per heavy atom. The highest BCUT2D eigenvalue weighted by Gasteiger charge is 2.18. The number of nitrogens with one attached hydrogen (secondary N) is 2. The standard InChI is InChI=1S/C39H55N7O2/c1-9-17-45(38(47)19-27(3)4)25-36-40-22-34(42-36)30-13-11-29(12-14-30)33-16-15-31(21-32(33)24-44(7)8)35-23-41-37(43-35)26-46(18-10-2)39(48)20-28(5)6/h11-16,21-23,27-28H,9-10,17-20,24-26H2,1-8H3,(H,40,42)(H,41,43). The van der Waals surface area contributed by atoms with E-state index in [1.54, 1.807) is 0 Å². The van der Waals surface area contributed by atoms with Crippen LogP contribution in [0.25, 0.3) is 33.6 Å². The van der Waals surface area contributed by atoms with Crippen LogP contribution in [0.4, 0.5) is 0 Å². The molecule has 2 N–H and O–H groups in total. The van der Waals surface area contributed by atoms with E-state index in [0.717, 1.165) is 72.2 Å². The molecule has 9 heteroatoms. The van der Waals surface area contributed by atoms with E-state index in [1.807, 2.05) is 22.2 Å². The molecule has 0 aliphatic carbocycles. The first kappa shape index (κ1) is 36.6. The van der Waals surface area contributed by atoms with E-state index in [1.165, 1.54) is 11.1 Å². The maximum absolute atomic E-state index is 12.8. The summed E-state index contributed by atoms with van der Waals surface area (Å²) in [5.41, 5.74) is 7.52. The molecule has 9 nitrogen and oxygen atoms in total. The van der Waals surface area contributed by atoms with Crippen molar-refractivity contribution in [1.29, 1.82) is 0 Å². The van der Waals surface area contributed by atoms with Crippen LogP contribution in [-0.4, -0.2) is 73.6 Å². The molecular formula is C39H55N7O2. The van der Waals surface area contributed by atoms with Gasteiger partial charge in [0.15, 0.2) is 0 Å². The molecule has 0 saturated heterocycles. The molecule has 0 saturated carbocycles. The predicted octanol–water partition coefficient (Wildman–Crippen LogP) is 7.76. The van der Waals surface area contributed by atoms with E-state index in [4.69, 9.17) is 0 Å². The summed E-state index contributed by atoms with van der Waals surface area (Å²) in [6, 6.07) is 15.1. The molecule has 2 aromatic heterocycles. The van der Waals surface area contributed by atoms with Crippen LogP contribution in [0.5, 0.6) is 0 Å². The van der Waals surface area contributed by atoms with Crippen LogP contribution in [0.1, 0.15) is 84.4 Å². The number of nitrogens with zero attached hydrogens (tertiary/aromatic N) is 5. The summed E-state index contributed by atoms with van der Waals surface area (Å²) < 4.78 is 0. The van der Waals surface area contributed by atoms with Crippen LogP contribution in [0.15, 0.2) is 54.9 Å². The van der Waals surface area contributed by atoms with Crippen LogP contribution in [0, 0.1) is 11.8 Å². The van der Waals surface area contributed by atoms with Crippen LogP contribution in [0.3, 0.4) is 0 Å². The van der Waals surface area contributed by atoms with Gasteiger partial charge in [0.1, 0.15) is 11.6 Å². The van der Waals surface area contributed by atoms with Gasteiger partial charge in [0, 0.05) is 32.5 Å². The summed E-state index contributed by atoms with van der Waals surface area (Å²) in [6.45, 7) is 15.7. The molecule has 0 spiro atoms. The summed E-state index contributed by atoms with van der Waals surface area (Å²) in [4.78, 5) is 47.8. The summed E-state index contributed by atoms with van der Waals surface area (Å²) in [5, 5.41) is 0. The Morgan fingerprint density at radius 1 is 0.667 bits per heavy atom. The second-order valence-electron chi connectivity index (χ2n) is 14.0. The van der Waals surface area contributed by atoms with Crippen LogP contribution in [-0.2, 0) is 29.2 Å². The molecule has 0 aliphatic heterocycles. The third-order valence-electron chi connectivity index (χ3n) is 8.21. The minimum atomic E-state index is 0.175. The third-order valence-corrected chi connectivity index (χ3v) is 8.21. The SMILES string of the molecule is CCCN(Cc1ncc(-c2ccc(-c3ccc(-c4cnc(CN(CCC)C(=O)CC(C)C)[nH]4)cc3CN(C)C)cc2)[nH]1)C(=O)CC(C)C. The van der Waals surface area contributed by atoms with Gasteiger partial charge in [-0.2, -0.15) is 0 Å². The van der Waals surface area contributed by atoms with Crippen molar-refractivity contribution in [2.45, 2.75) is 86.9 Å². The Hall–Kier alpha value is -4.24. The van der Waals surface area contributed by atoms with Gasteiger partial charge in [-0.15, -0.1) is 0 Å². The van der Waals surface area contributed by atoms with E-state index in [0.29, 0.717) is 37.8 Å². The van der Waals surface area contributed by atoms with Crippen LogP contribution in [0.2, 0.25) is 0 Å². The zero-order valence-electron chi connectivity index (χ0n) is 30.3. The lowest BCUT2D eigenvalue weighted by atomic mass is 9.95. The number of aromatic nitrogens is 4. The molecule has 0 bridgehead atoms. The van der Waals surface area contributed by atoms with E-state index < -0.39 is 0 Å². The topological polar surface area (TPSA) is 101 Å². The first-order valence-electron chi connectivity index (χ1n) is 17.5. The number of rotatable bonds is 17. The van der Waals surface area contributed by atoms with E-state index in [-0.39, 0.29) is 11.8 Å². The molecule has 4 rings (SSSR count). The van der Waals surface area contributed by atoms with Crippen molar-refractivity contribution in [3.05, 3.63) is 72.1 Å². The molecule has 2 heterocycles. The highest BCUT2D eigenvalue weighted by atomic mass is 16.2. The van der Waals surface area contributed by atoms with Gasteiger partial charge in [0.25, 0.3) is 0 Å². The number of hydrogen-bond donors (Lipinski definition) is 2. The fourth-order valence-corrected chi connectivity index (χ4v) is 5.96. The predicted molar refractivity (Wildman–Crippen MR) is 195 cm³/mol. The molecule has 0 unspecified atom stereocenters. The zero-order valence-corrected chi connectivity index (χ0v) is 30.3. The first-order chi connectivity index (χ1) is 23.0. The Balaban J connectivity index is 1.52. The van der Waals surface area contributed by atoms with Crippen molar-refractivity contribution >= 4 is 11.8 Å². The molecule has 0 radical (unpaired) electrons. The maximum atomic E-state index is 12.8. The van der Waals surface area contributed by atoms with E-state index in [9.17, 15) is 9.59 Å². The molecule has 0 atom stereocenters. The fraction of sp³-hybridized carbons (Fsp3) is 0.487. The second kappa shape index (κ2) is 17.2. The van der Waals surface area contributed by atoms with E-state index in [2.05, 4.69) is 123 Å². The minimum absolute atomic E-state index is 0.175. The number of imidazole rings is 2. The quantitative estimate of drug-likeness (QED) is 0.121.